The highest BCUT2D eigenvalue weighted by Gasteiger charge is 2.39. The summed E-state index contributed by atoms with van der Waals surface area (Å²) in [6.07, 6.45) is 3.60. The molecule has 0 saturated heterocycles. The van der Waals surface area contributed by atoms with Gasteiger partial charge < -0.3 is 10.2 Å². The van der Waals surface area contributed by atoms with Gasteiger partial charge in [0.1, 0.15) is 24.7 Å². The second kappa shape index (κ2) is 6.38. The number of quaternary nitrogens is 1. The fourth-order valence-corrected chi connectivity index (χ4v) is 3.71. The van der Waals surface area contributed by atoms with Gasteiger partial charge in [-0.25, -0.2) is 18.4 Å². The SMILES string of the molecule is C[N+]1(C(=O)CN2Cc3cnccc3NC2=O)CCc2c(F)cc(F)cc2C1. The maximum Gasteiger partial charge on any atom is 0.333 e. The van der Waals surface area contributed by atoms with E-state index in [1.807, 2.05) is 0 Å². The Hall–Kier alpha value is -2.87. The minimum Gasteiger partial charge on any atom is -0.307 e. The van der Waals surface area contributed by atoms with Gasteiger partial charge in [-0.15, -0.1) is 0 Å². The molecule has 140 valence electrons. The summed E-state index contributed by atoms with van der Waals surface area (Å²) in [5.41, 5.74) is 2.50. The molecule has 1 N–H and O–H groups in total. The fraction of sp³-hybridized carbons (Fsp3) is 0.316. The van der Waals surface area contributed by atoms with Gasteiger partial charge in [-0.05, 0) is 12.1 Å². The molecule has 1 atom stereocenters. The van der Waals surface area contributed by atoms with Crippen LogP contribution < -0.4 is 5.32 Å². The molecule has 0 radical (unpaired) electrons. The molecule has 0 saturated carbocycles. The number of nitrogens with one attached hydrogen (secondary N) is 1. The minimum absolute atomic E-state index is 0.000426. The van der Waals surface area contributed by atoms with E-state index in [0.29, 0.717) is 36.3 Å². The topological polar surface area (TPSA) is 62.3 Å². The zero-order valence-electron chi connectivity index (χ0n) is 14.8. The predicted octanol–water partition coefficient (Wildman–Crippen LogP) is 2.44. The summed E-state index contributed by atoms with van der Waals surface area (Å²) >= 11 is 0. The van der Waals surface area contributed by atoms with Crippen LogP contribution in [0.2, 0.25) is 0 Å². The van der Waals surface area contributed by atoms with E-state index in [2.05, 4.69) is 10.3 Å². The Labute approximate surface area is 155 Å². The van der Waals surface area contributed by atoms with Crippen LogP contribution in [0.3, 0.4) is 0 Å². The molecule has 6 nitrogen and oxygen atoms in total. The number of hydrogen-bond donors (Lipinski definition) is 1. The Balaban J connectivity index is 1.52. The number of anilines is 1. The summed E-state index contributed by atoms with van der Waals surface area (Å²) in [5.74, 6) is -1.39. The van der Waals surface area contributed by atoms with Crippen LogP contribution in [0.4, 0.5) is 19.3 Å². The van der Waals surface area contributed by atoms with Crippen LogP contribution in [0, 0.1) is 11.6 Å². The van der Waals surface area contributed by atoms with Gasteiger partial charge in [0.05, 0.1) is 25.8 Å². The fourth-order valence-electron chi connectivity index (χ4n) is 3.71. The van der Waals surface area contributed by atoms with Crippen LogP contribution in [0.5, 0.6) is 0 Å². The van der Waals surface area contributed by atoms with Crippen molar-refractivity contribution in [3.8, 4) is 0 Å². The van der Waals surface area contributed by atoms with Gasteiger partial charge in [0.15, 0.2) is 0 Å². The first-order valence-corrected chi connectivity index (χ1v) is 8.69. The lowest BCUT2D eigenvalue weighted by atomic mass is 9.97. The molecule has 0 fully saturated rings. The smallest absolute Gasteiger partial charge is 0.307 e. The summed E-state index contributed by atoms with van der Waals surface area (Å²) in [4.78, 5) is 30.7. The standard InChI is InChI=1S/C19H18F2N4O2/c1-25(5-3-15-12(11-25)6-14(20)7-16(15)21)18(26)10-24-9-13-8-22-4-2-17(13)23-19(24)27/h2,4,6-8H,3,5,9-11H2,1H3/p+1. The molecule has 4 rings (SSSR count). The first-order chi connectivity index (χ1) is 12.9. The number of pyridine rings is 1. The number of carbonyl (C=O) groups excluding carboxylic acids is 2. The minimum atomic E-state index is -0.647. The molecule has 0 aliphatic carbocycles. The normalized spacial score (nSPS) is 21.3. The molecular weight excluding hydrogens is 354 g/mol. The number of rotatable bonds is 2. The lowest BCUT2D eigenvalue weighted by Crippen LogP contribution is -2.56. The molecule has 2 aliphatic heterocycles. The molecule has 1 aromatic heterocycles. The van der Waals surface area contributed by atoms with Gasteiger partial charge in [0.2, 0.25) is 0 Å². The third-order valence-electron chi connectivity index (χ3n) is 5.35. The summed E-state index contributed by atoms with van der Waals surface area (Å²) < 4.78 is 27.5. The van der Waals surface area contributed by atoms with Crippen molar-refractivity contribution in [2.24, 2.45) is 0 Å². The van der Waals surface area contributed by atoms with Crippen molar-refractivity contribution in [3.05, 3.63) is 58.9 Å². The Bertz CT molecular complexity index is 949. The van der Waals surface area contributed by atoms with E-state index in [-0.39, 0.29) is 29.5 Å². The van der Waals surface area contributed by atoms with Gasteiger partial charge in [0, 0.05) is 41.6 Å². The average Bonchev–Trinajstić information content (AvgIpc) is 2.61. The van der Waals surface area contributed by atoms with E-state index in [1.54, 1.807) is 25.5 Å². The summed E-state index contributed by atoms with van der Waals surface area (Å²) in [5, 5.41) is 2.75. The monoisotopic (exact) mass is 373 g/mol. The molecule has 1 unspecified atom stereocenters. The third-order valence-corrected chi connectivity index (χ3v) is 5.35. The number of halogens is 2. The van der Waals surface area contributed by atoms with Crippen LogP contribution >= 0.6 is 0 Å². The highest BCUT2D eigenvalue weighted by Crippen LogP contribution is 2.28. The summed E-state index contributed by atoms with van der Waals surface area (Å²) in [6.45, 7) is 0.822. The number of fused-ring (bicyclic) bond motifs is 2. The van der Waals surface area contributed by atoms with Gasteiger partial charge in [-0.1, -0.05) is 0 Å². The average molecular weight is 373 g/mol. The number of urea groups is 1. The lowest BCUT2D eigenvalue weighted by Gasteiger charge is -2.38. The van der Waals surface area contributed by atoms with Crippen molar-refractivity contribution in [3.63, 3.8) is 0 Å². The van der Waals surface area contributed by atoms with Crippen LogP contribution in [0.1, 0.15) is 16.7 Å². The van der Waals surface area contributed by atoms with Crippen molar-refractivity contribution in [2.75, 3.05) is 25.5 Å². The molecule has 3 heterocycles. The molecule has 1 aromatic carbocycles. The Kier molecular flexibility index (Phi) is 4.15. The molecule has 3 amide bonds. The second-order valence-electron chi connectivity index (χ2n) is 7.27. The molecule has 2 aromatic rings. The Morgan fingerprint density at radius 3 is 2.96 bits per heavy atom. The molecular formula is C19H19F2N4O2+. The van der Waals surface area contributed by atoms with E-state index in [1.165, 1.54) is 11.0 Å². The maximum absolute atomic E-state index is 14.0. The molecule has 27 heavy (non-hydrogen) atoms. The van der Waals surface area contributed by atoms with E-state index in [0.717, 1.165) is 11.6 Å². The van der Waals surface area contributed by atoms with Crippen LogP contribution in [-0.2, 0) is 24.3 Å². The quantitative estimate of drug-likeness (QED) is 0.823. The van der Waals surface area contributed by atoms with Gasteiger partial charge in [-0.3, -0.25) is 9.47 Å². The van der Waals surface area contributed by atoms with E-state index < -0.39 is 11.6 Å². The Morgan fingerprint density at radius 1 is 1.33 bits per heavy atom. The van der Waals surface area contributed by atoms with E-state index in [4.69, 9.17) is 0 Å². The summed E-state index contributed by atoms with van der Waals surface area (Å²) in [7, 11) is 1.74. The molecule has 8 heteroatoms. The first-order valence-electron chi connectivity index (χ1n) is 8.69. The number of carbonyl (C=O) groups is 2. The lowest BCUT2D eigenvalue weighted by molar-refractivity contribution is -0.850. The molecule has 2 aliphatic rings. The third kappa shape index (κ3) is 3.16. The van der Waals surface area contributed by atoms with Crippen LogP contribution in [0.15, 0.2) is 30.6 Å². The van der Waals surface area contributed by atoms with Crippen molar-refractivity contribution < 1.29 is 22.9 Å². The molecule has 0 bridgehead atoms. The van der Waals surface area contributed by atoms with Crippen molar-refractivity contribution >= 4 is 17.6 Å². The second-order valence-corrected chi connectivity index (χ2v) is 7.27. The highest BCUT2D eigenvalue weighted by atomic mass is 19.1. The molecule has 0 spiro atoms. The number of aromatic nitrogens is 1. The number of amides is 3. The first kappa shape index (κ1) is 17.5. The van der Waals surface area contributed by atoms with Crippen molar-refractivity contribution in [2.45, 2.75) is 19.5 Å². The number of likely N-dealkylation sites (N-methyl/N-ethyl adjacent to an activating group) is 1. The van der Waals surface area contributed by atoms with Crippen LogP contribution in [0.25, 0.3) is 0 Å². The largest absolute Gasteiger partial charge is 0.333 e. The van der Waals surface area contributed by atoms with Crippen molar-refractivity contribution in [1.29, 1.82) is 0 Å². The van der Waals surface area contributed by atoms with Gasteiger partial charge in [0.25, 0.3) is 0 Å². The van der Waals surface area contributed by atoms with Crippen molar-refractivity contribution in [1.82, 2.24) is 9.88 Å². The number of nitrogens with zero attached hydrogens (tertiary/aromatic N) is 3. The zero-order valence-corrected chi connectivity index (χ0v) is 14.8. The van der Waals surface area contributed by atoms with Gasteiger partial charge >= 0.3 is 11.9 Å². The van der Waals surface area contributed by atoms with Crippen LogP contribution in [-0.4, -0.2) is 46.4 Å². The number of hydrogen-bond acceptors (Lipinski definition) is 3. The highest BCUT2D eigenvalue weighted by molar-refractivity contribution is 5.94. The maximum atomic E-state index is 14.0. The number of benzene rings is 1. The predicted molar refractivity (Wildman–Crippen MR) is 93.5 cm³/mol. The van der Waals surface area contributed by atoms with Gasteiger partial charge in [-0.2, -0.15) is 0 Å². The zero-order chi connectivity index (χ0) is 19.2. The Morgan fingerprint density at radius 2 is 2.15 bits per heavy atom. The van der Waals surface area contributed by atoms with E-state index >= 15 is 0 Å². The summed E-state index contributed by atoms with van der Waals surface area (Å²) in [6, 6.07) is 3.53. The van der Waals surface area contributed by atoms with E-state index in [9.17, 15) is 18.4 Å².